The number of piperidine rings is 1. The van der Waals surface area contributed by atoms with Gasteiger partial charge in [0.15, 0.2) is 10.8 Å². The minimum absolute atomic E-state index is 0.0473. The van der Waals surface area contributed by atoms with Crippen LogP contribution in [0.15, 0.2) is 36.4 Å². The summed E-state index contributed by atoms with van der Waals surface area (Å²) in [6, 6.07) is 11.5. The Bertz CT molecular complexity index is 976. The van der Waals surface area contributed by atoms with Crippen LogP contribution >= 0.6 is 12.2 Å². The number of nitrogens with zero attached hydrogens (tertiary/aromatic N) is 3. The molecule has 2 aliphatic rings. The molecule has 2 fully saturated rings. The smallest absolute Gasteiger partial charge is 0.361 e. The van der Waals surface area contributed by atoms with Crippen molar-refractivity contribution in [2.45, 2.75) is 75.9 Å². The molecule has 0 amide bonds. The van der Waals surface area contributed by atoms with E-state index in [0.29, 0.717) is 13.1 Å². The van der Waals surface area contributed by atoms with Gasteiger partial charge in [0.2, 0.25) is 5.95 Å². The minimum Gasteiger partial charge on any atom is -0.361 e. The standard InChI is InChI=1S/C25H32F3N5S/c1-18-10-6-9-15-33(18)21-16-20(25(26,27)28)30-22(31-21)32-23(34)29-17-24(13-7-3-8-14-24)19-11-4-2-5-12-19/h2,4-5,11-12,16,18H,3,6-10,13-15,17H2,1H3,(H2,29,30,31,32,34). The van der Waals surface area contributed by atoms with Crippen molar-refractivity contribution in [3.05, 3.63) is 47.7 Å². The van der Waals surface area contributed by atoms with Gasteiger partial charge >= 0.3 is 6.18 Å². The molecular formula is C25H32F3N5S. The van der Waals surface area contributed by atoms with Crippen LogP contribution in [0, 0.1) is 0 Å². The maximum absolute atomic E-state index is 13.6. The van der Waals surface area contributed by atoms with Gasteiger partial charge in [0, 0.05) is 30.6 Å². The van der Waals surface area contributed by atoms with Gasteiger partial charge in [-0.05, 0) is 56.8 Å². The summed E-state index contributed by atoms with van der Waals surface area (Å²) in [6.07, 6.45) is 3.95. The Balaban J connectivity index is 1.51. The molecule has 184 valence electrons. The van der Waals surface area contributed by atoms with E-state index < -0.39 is 11.9 Å². The topological polar surface area (TPSA) is 53.1 Å². The Hall–Kier alpha value is -2.42. The third-order valence-corrected chi connectivity index (χ3v) is 7.36. The first-order valence-corrected chi connectivity index (χ1v) is 12.5. The van der Waals surface area contributed by atoms with Crippen molar-refractivity contribution in [1.82, 2.24) is 15.3 Å². The van der Waals surface area contributed by atoms with Gasteiger partial charge in [-0.2, -0.15) is 18.2 Å². The van der Waals surface area contributed by atoms with Crippen LogP contribution in [-0.4, -0.2) is 34.2 Å². The van der Waals surface area contributed by atoms with E-state index in [9.17, 15) is 13.2 Å². The Kier molecular flexibility index (Phi) is 7.60. The van der Waals surface area contributed by atoms with Crippen LogP contribution in [0.4, 0.5) is 24.9 Å². The van der Waals surface area contributed by atoms with E-state index in [2.05, 4.69) is 32.7 Å². The van der Waals surface area contributed by atoms with E-state index >= 15 is 0 Å². The zero-order valence-corrected chi connectivity index (χ0v) is 20.3. The quantitative estimate of drug-likeness (QED) is 0.496. The zero-order chi connectivity index (χ0) is 24.2. The van der Waals surface area contributed by atoms with Crippen molar-refractivity contribution in [1.29, 1.82) is 0 Å². The normalized spacial score (nSPS) is 20.6. The molecular weight excluding hydrogens is 459 g/mol. The molecule has 9 heteroatoms. The minimum atomic E-state index is -4.57. The van der Waals surface area contributed by atoms with E-state index in [1.165, 1.54) is 12.0 Å². The fraction of sp³-hybridized carbons (Fsp3) is 0.560. The van der Waals surface area contributed by atoms with Crippen LogP contribution in [0.1, 0.15) is 69.5 Å². The fourth-order valence-electron chi connectivity index (χ4n) is 5.20. The summed E-state index contributed by atoms with van der Waals surface area (Å²) in [6.45, 7) is 3.30. The van der Waals surface area contributed by atoms with Crippen LogP contribution < -0.4 is 15.5 Å². The number of rotatable bonds is 5. The molecule has 0 radical (unpaired) electrons. The van der Waals surface area contributed by atoms with E-state index in [1.807, 2.05) is 30.0 Å². The molecule has 34 heavy (non-hydrogen) atoms. The van der Waals surface area contributed by atoms with Gasteiger partial charge < -0.3 is 15.5 Å². The van der Waals surface area contributed by atoms with Crippen LogP contribution in [0.5, 0.6) is 0 Å². The lowest BCUT2D eigenvalue weighted by Gasteiger charge is -2.38. The van der Waals surface area contributed by atoms with E-state index in [1.54, 1.807) is 0 Å². The molecule has 0 spiro atoms. The number of alkyl halides is 3. The summed E-state index contributed by atoms with van der Waals surface area (Å²) in [7, 11) is 0. The molecule has 5 nitrogen and oxygen atoms in total. The van der Waals surface area contributed by atoms with Gasteiger partial charge in [-0.15, -0.1) is 0 Å². The fourth-order valence-corrected chi connectivity index (χ4v) is 5.37. The number of hydrogen-bond donors (Lipinski definition) is 2. The van der Waals surface area contributed by atoms with Gasteiger partial charge in [0.1, 0.15) is 5.82 Å². The van der Waals surface area contributed by atoms with Gasteiger partial charge in [-0.3, -0.25) is 0 Å². The Morgan fingerprint density at radius 3 is 2.50 bits per heavy atom. The molecule has 1 unspecified atom stereocenters. The number of thiocarbonyl (C=S) groups is 1. The lowest BCUT2D eigenvalue weighted by Crippen LogP contribution is -2.43. The summed E-state index contributed by atoms with van der Waals surface area (Å²) < 4.78 is 40.8. The molecule has 1 aliphatic heterocycles. The number of anilines is 2. The summed E-state index contributed by atoms with van der Waals surface area (Å²) in [5, 5.41) is 6.31. The third kappa shape index (κ3) is 5.79. The largest absolute Gasteiger partial charge is 0.433 e. The third-order valence-electron chi connectivity index (χ3n) is 7.11. The molecule has 1 aromatic heterocycles. The molecule has 1 aromatic carbocycles. The monoisotopic (exact) mass is 491 g/mol. The molecule has 1 saturated heterocycles. The van der Waals surface area contributed by atoms with E-state index in [4.69, 9.17) is 12.2 Å². The van der Waals surface area contributed by atoms with E-state index in [-0.39, 0.29) is 28.3 Å². The average Bonchev–Trinajstić information content (AvgIpc) is 2.83. The highest BCUT2D eigenvalue weighted by atomic mass is 32.1. The predicted octanol–water partition coefficient (Wildman–Crippen LogP) is 6.06. The summed E-state index contributed by atoms with van der Waals surface area (Å²) in [5.74, 6) is 0.158. The molecule has 2 heterocycles. The highest BCUT2D eigenvalue weighted by Crippen LogP contribution is 2.39. The Morgan fingerprint density at radius 1 is 1.09 bits per heavy atom. The number of aromatic nitrogens is 2. The predicted molar refractivity (Wildman–Crippen MR) is 133 cm³/mol. The number of benzene rings is 1. The van der Waals surface area contributed by atoms with Crippen molar-refractivity contribution in [2.75, 3.05) is 23.3 Å². The number of hydrogen-bond acceptors (Lipinski definition) is 4. The second-order valence-corrected chi connectivity index (χ2v) is 9.89. The number of halogens is 3. The zero-order valence-electron chi connectivity index (χ0n) is 19.5. The maximum atomic E-state index is 13.6. The van der Waals surface area contributed by atoms with Gasteiger partial charge in [0.25, 0.3) is 0 Å². The molecule has 2 N–H and O–H groups in total. The highest BCUT2D eigenvalue weighted by Gasteiger charge is 2.36. The average molecular weight is 492 g/mol. The van der Waals surface area contributed by atoms with Crippen molar-refractivity contribution >= 4 is 29.1 Å². The first-order valence-electron chi connectivity index (χ1n) is 12.1. The van der Waals surface area contributed by atoms with Gasteiger partial charge in [-0.25, -0.2) is 4.98 Å². The summed E-state index contributed by atoms with van der Waals surface area (Å²) in [5.41, 5.74) is 0.254. The summed E-state index contributed by atoms with van der Waals surface area (Å²) in [4.78, 5) is 10.1. The molecule has 1 atom stereocenters. The lowest BCUT2D eigenvalue weighted by atomic mass is 9.69. The maximum Gasteiger partial charge on any atom is 0.433 e. The van der Waals surface area contributed by atoms with Crippen molar-refractivity contribution in [2.24, 2.45) is 0 Å². The van der Waals surface area contributed by atoms with Crippen molar-refractivity contribution < 1.29 is 13.2 Å². The van der Waals surface area contributed by atoms with Crippen LogP contribution in [0.2, 0.25) is 0 Å². The Labute approximate surface area is 204 Å². The number of nitrogens with one attached hydrogen (secondary N) is 2. The second-order valence-electron chi connectivity index (χ2n) is 9.49. The summed E-state index contributed by atoms with van der Waals surface area (Å²) >= 11 is 5.47. The van der Waals surface area contributed by atoms with Crippen molar-refractivity contribution in [3.8, 4) is 0 Å². The Morgan fingerprint density at radius 2 is 1.82 bits per heavy atom. The molecule has 1 aliphatic carbocycles. The molecule has 1 saturated carbocycles. The van der Waals surface area contributed by atoms with Gasteiger partial charge in [0.05, 0.1) is 0 Å². The first kappa shape index (κ1) is 24.7. The molecule has 2 aromatic rings. The van der Waals surface area contributed by atoms with Crippen molar-refractivity contribution in [3.63, 3.8) is 0 Å². The SMILES string of the molecule is CC1CCCCN1c1cc(C(F)(F)F)nc(NC(=S)NCC2(c3ccccc3)CCCCC2)n1. The molecule has 4 rings (SSSR count). The van der Waals surface area contributed by atoms with Gasteiger partial charge in [-0.1, -0.05) is 49.6 Å². The first-order chi connectivity index (χ1) is 16.3. The lowest BCUT2D eigenvalue weighted by molar-refractivity contribution is -0.141. The van der Waals surface area contributed by atoms with Crippen LogP contribution in [0.3, 0.4) is 0 Å². The van der Waals surface area contributed by atoms with E-state index in [0.717, 1.165) is 51.0 Å². The molecule has 0 bridgehead atoms. The highest BCUT2D eigenvalue weighted by molar-refractivity contribution is 7.80. The van der Waals surface area contributed by atoms with Crippen LogP contribution in [0.25, 0.3) is 0 Å². The van der Waals surface area contributed by atoms with Crippen LogP contribution in [-0.2, 0) is 11.6 Å². The second kappa shape index (κ2) is 10.5.